The molecule has 1 aromatic carbocycles. The van der Waals surface area contributed by atoms with Gasteiger partial charge in [0.15, 0.2) is 0 Å². The highest BCUT2D eigenvalue weighted by molar-refractivity contribution is 9.09. The fourth-order valence-corrected chi connectivity index (χ4v) is 1.41. The van der Waals surface area contributed by atoms with Crippen LogP contribution in [0.3, 0.4) is 0 Å². The molecule has 0 saturated heterocycles. The first-order valence-corrected chi connectivity index (χ1v) is 5.89. The van der Waals surface area contributed by atoms with Crippen molar-refractivity contribution in [3.8, 4) is 0 Å². The Labute approximate surface area is 103 Å². The minimum atomic E-state index is -0.138. The quantitative estimate of drug-likeness (QED) is 0.830. The second kappa shape index (κ2) is 5.65. The smallest absolute Gasteiger partial charge is 0.251 e. The van der Waals surface area contributed by atoms with Gasteiger partial charge in [0.1, 0.15) is 0 Å². The molecule has 0 aliphatic heterocycles. The number of anilines is 1. The Hall–Kier alpha value is -1.36. The van der Waals surface area contributed by atoms with Crippen LogP contribution in [0.25, 0.3) is 0 Å². The lowest BCUT2D eigenvalue weighted by Gasteiger charge is -2.08. The SMILES string of the molecule is CNC(=O)c1ccc(NC(=O)CBr)c(C)c1. The summed E-state index contributed by atoms with van der Waals surface area (Å²) in [5.41, 5.74) is 2.16. The van der Waals surface area contributed by atoms with Crippen LogP contribution in [0, 0.1) is 6.92 Å². The number of alkyl halides is 1. The van der Waals surface area contributed by atoms with Gasteiger partial charge in [-0.05, 0) is 30.7 Å². The summed E-state index contributed by atoms with van der Waals surface area (Å²) in [5.74, 6) is -0.253. The Morgan fingerprint density at radius 1 is 1.38 bits per heavy atom. The molecule has 4 nitrogen and oxygen atoms in total. The zero-order valence-electron chi connectivity index (χ0n) is 9.13. The molecule has 0 aliphatic carbocycles. The minimum absolute atomic E-state index is 0.115. The Balaban J connectivity index is 2.91. The molecule has 0 spiro atoms. The van der Waals surface area contributed by atoms with Crippen molar-refractivity contribution in [1.82, 2.24) is 5.32 Å². The standard InChI is InChI=1S/C11H13BrN2O2/c1-7-5-8(11(16)13-2)3-4-9(7)14-10(15)6-12/h3-5H,6H2,1-2H3,(H,13,16)(H,14,15). The van der Waals surface area contributed by atoms with Gasteiger partial charge in [-0.15, -0.1) is 0 Å². The monoisotopic (exact) mass is 284 g/mol. The number of rotatable bonds is 3. The summed E-state index contributed by atoms with van der Waals surface area (Å²) in [4.78, 5) is 22.5. The van der Waals surface area contributed by atoms with Gasteiger partial charge in [0.2, 0.25) is 5.91 Å². The molecule has 0 aliphatic rings. The van der Waals surface area contributed by atoms with E-state index in [1.54, 1.807) is 25.2 Å². The molecule has 2 amide bonds. The summed E-state index contributed by atoms with van der Waals surface area (Å²) in [5, 5.41) is 5.53. The van der Waals surface area contributed by atoms with E-state index >= 15 is 0 Å². The highest BCUT2D eigenvalue weighted by atomic mass is 79.9. The molecule has 1 rings (SSSR count). The van der Waals surface area contributed by atoms with Crippen LogP contribution in [0.5, 0.6) is 0 Å². The summed E-state index contributed by atoms with van der Waals surface area (Å²) < 4.78 is 0. The number of halogens is 1. The molecule has 16 heavy (non-hydrogen) atoms. The van der Waals surface area contributed by atoms with Crippen LogP contribution in [0.4, 0.5) is 5.69 Å². The maximum absolute atomic E-state index is 11.3. The third-order valence-electron chi connectivity index (χ3n) is 2.11. The van der Waals surface area contributed by atoms with Crippen molar-refractivity contribution in [1.29, 1.82) is 0 Å². The number of benzene rings is 1. The highest BCUT2D eigenvalue weighted by Gasteiger charge is 2.07. The van der Waals surface area contributed by atoms with Gasteiger partial charge in [-0.2, -0.15) is 0 Å². The number of nitrogens with one attached hydrogen (secondary N) is 2. The van der Waals surface area contributed by atoms with E-state index in [4.69, 9.17) is 0 Å². The largest absolute Gasteiger partial charge is 0.355 e. The molecule has 0 bridgehead atoms. The van der Waals surface area contributed by atoms with E-state index in [0.29, 0.717) is 5.56 Å². The van der Waals surface area contributed by atoms with Gasteiger partial charge < -0.3 is 10.6 Å². The topological polar surface area (TPSA) is 58.2 Å². The van der Waals surface area contributed by atoms with Crippen molar-refractivity contribution in [2.24, 2.45) is 0 Å². The molecule has 0 saturated carbocycles. The van der Waals surface area contributed by atoms with Crippen LogP contribution in [0.15, 0.2) is 18.2 Å². The lowest BCUT2D eigenvalue weighted by atomic mass is 10.1. The molecule has 0 radical (unpaired) electrons. The fraction of sp³-hybridized carbons (Fsp3) is 0.273. The second-order valence-electron chi connectivity index (χ2n) is 3.29. The molecule has 0 aromatic heterocycles. The van der Waals surface area contributed by atoms with Gasteiger partial charge >= 0.3 is 0 Å². The Morgan fingerprint density at radius 3 is 2.56 bits per heavy atom. The van der Waals surface area contributed by atoms with Crippen LogP contribution < -0.4 is 10.6 Å². The van der Waals surface area contributed by atoms with Gasteiger partial charge in [0.25, 0.3) is 5.91 Å². The van der Waals surface area contributed by atoms with E-state index in [1.165, 1.54) is 0 Å². The maximum atomic E-state index is 11.3. The molecule has 2 N–H and O–H groups in total. The zero-order valence-corrected chi connectivity index (χ0v) is 10.7. The third-order valence-corrected chi connectivity index (χ3v) is 2.62. The predicted molar refractivity (Wildman–Crippen MR) is 67.0 cm³/mol. The Bertz CT molecular complexity index is 418. The van der Waals surface area contributed by atoms with Crippen molar-refractivity contribution in [2.75, 3.05) is 17.7 Å². The van der Waals surface area contributed by atoms with Gasteiger partial charge in [-0.3, -0.25) is 9.59 Å². The van der Waals surface area contributed by atoms with Crippen molar-refractivity contribution in [3.05, 3.63) is 29.3 Å². The molecule has 0 fully saturated rings. The average Bonchev–Trinajstić information content (AvgIpc) is 2.30. The van der Waals surface area contributed by atoms with Crippen LogP contribution >= 0.6 is 15.9 Å². The summed E-state index contributed by atoms with van der Waals surface area (Å²) >= 11 is 3.07. The van der Waals surface area contributed by atoms with Crippen molar-refractivity contribution in [3.63, 3.8) is 0 Å². The molecule has 0 unspecified atom stereocenters. The predicted octanol–water partition coefficient (Wildman–Crippen LogP) is 1.69. The molecule has 0 atom stereocenters. The van der Waals surface area contributed by atoms with Crippen LogP contribution in [0.1, 0.15) is 15.9 Å². The summed E-state index contributed by atoms with van der Waals surface area (Å²) in [6.07, 6.45) is 0. The highest BCUT2D eigenvalue weighted by Crippen LogP contribution is 2.16. The first-order valence-electron chi connectivity index (χ1n) is 4.77. The van der Waals surface area contributed by atoms with Crippen LogP contribution in [-0.4, -0.2) is 24.2 Å². The molecule has 5 heteroatoms. The van der Waals surface area contributed by atoms with Gasteiger partial charge in [0, 0.05) is 18.3 Å². The molecular formula is C11H13BrN2O2. The number of carbonyl (C=O) groups is 2. The number of aryl methyl sites for hydroxylation is 1. The Morgan fingerprint density at radius 2 is 2.06 bits per heavy atom. The average molecular weight is 285 g/mol. The van der Waals surface area contributed by atoms with E-state index in [-0.39, 0.29) is 17.1 Å². The summed E-state index contributed by atoms with van der Waals surface area (Å²) in [6.45, 7) is 1.84. The van der Waals surface area contributed by atoms with E-state index in [0.717, 1.165) is 11.3 Å². The second-order valence-corrected chi connectivity index (χ2v) is 3.85. The summed E-state index contributed by atoms with van der Waals surface area (Å²) in [7, 11) is 1.58. The van der Waals surface area contributed by atoms with E-state index in [1.807, 2.05) is 6.92 Å². The maximum Gasteiger partial charge on any atom is 0.251 e. The number of amides is 2. The third kappa shape index (κ3) is 3.06. The first kappa shape index (κ1) is 12.7. The van der Waals surface area contributed by atoms with Crippen LogP contribution in [-0.2, 0) is 4.79 Å². The normalized spacial score (nSPS) is 9.69. The Kier molecular flexibility index (Phi) is 4.49. The van der Waals surface area contributed by atoms with E-state index in [9.17, 15) is 9.59 Å². The molecule has 0 heterocycles. The van der Waals surface area contributed by atoms with E-state index in [2.05, 4.69) is 26.6 Å². The van der Waals surface area contributed by atoms with Crippen molar-refractivity contribution < 1.29 is 9.59 Å². The van der Waals surface area contributed by atoms with Crippen molar-refractivity contribution in [2.45, 2.75) is 6.92 Å². The van der Waals surface area contributed by atoms with Gasteiger partial charge in [-0.25, -0.2) is 0 Å². The fourth-order valence-electron chi connectivity index (χ4n) is 1.27. The number of hydrogen-bond donors (Lipinski definition) is 2. The molecule has 1 aromatic rings. The van der Waals surface area contributed by atoms with Gasteiger partial charge in [-0.1, -0.05) is 15.9 Å². The summed E-state index contributed by atoms with van der Waals surface area (Å²) in [6, 6.07) is 5.14. The lowest BCUT2D eigenvalue weighted by molar-refractivity contribution is -0.113. The molecule has 86 valence electrons. The zero-order chi connectivity index (χ0) is 12.1. The van der Waals surface area contributed by atoms with E-state index < -0.39 is 0 Å². The first-order chi connectivity index (χ1) is 7.58. The minimum Gasteiger partial charge on any atom is -0.355 e. The number of hydrogen-bond acceptors (Lipinski definition) is 2. The van der Waals surface area contributed by atoms with Crippen molar-refractivity contribution >= 4 is 33.4 Å². The number of carbonyl (C=O) groups excluding carboxylic acids is 2. The lowest BCUT2D eigenvalue weighted by Crippen LogP contribution is -2.18. The van der Waals surface area contributed by atoms with Gasteiger partial charge in [0.05, 0.1) is 5.33 Å². The molecular weight excluding hydrogens is 272 g/mol. The van der Waals surface area contributed by atoms with Crippen LogP contribution in [0.2, 0.25) is 0 Å².